The molecule has 1 nitrogen and oxygen atoms in total. The third-order valence-corrected chi connectivity index (χ3v) is 5.69. The van der Waals surface area contributed by atoms with Gasteiger partial charge in [0.15, 0.2) is 0 Å². The van der Waals surface area contributed by atoms with Crippen molar-refractivity contribution < 1.29 is 4.48 Å². The molecule has 0 aliphatic rings. The summed E-state index contributed by atoms with van der Waals surface area (Å²) in [5.74, 6) is 0. The minimum absolute atomic E-state index is 1.25. The van der Waals surface area contributed by atoms with Gasteiger partial charge in [-0.15, -0.1) is 0 Å². The first-order valence-corrected chi connectivity index (χ1v) is 9.36. The number of unbranched alkanes of at least 4 members (excludes halogenated alkanes) is 9. The predicted octanol–water partition coefficient (Wildman–Crippen LogP) is 3.31. The highest BCUT2D eigenvalue weighted by atomic mass is 28.1. The molecule has 2 heteroatoms. The lowest BCUT2D eigenvalue weighted by Gasteiger charge is -2.28. The van der Waals surface area contributed by atoms with Crippen LogP contribution in [0.3, 0.4) is 0 Å². The largest absolute Gasteiger partial charge is 0.333 e. The number of quaternary nitrogens is 1. The molecule has 0 rings (SSSR count). The van der Waals surface area contributed by atoms with Crippen molar-refractivity contribution in [2.45, 2.75) is 71.1 Å². The van der Waals surface area contributed by atoms with Crippen molar-refractivity contribution in [3.8, 4) is 0 Å². The van der Waals surface area contributed by atoms with Crippen LogP contribution in [0, 0.1) is 0 Å². The highest BCUT2D eigenvalue weighted by Crippen LogP contribution is 2.11. The van der Waals surface area contributed by atoms with Crippen LogP contribution >= 0.6 is 0 Å². The van der Waals surface area contributed by atoms with Gasteiger partial charge in [-0.2, -0.15) is 0 Å². The zero-order chi connectivity index (χ0) is 13.0. The first-order chi connectivity index (χ1) is 8.12. The fourth-order valence-electron chi connectivity index (χ4n) is 2.19. The van der Waals surface area contributed by atoms with E-state index in [1.165, 1.54) is 91.6 Å². The molecule has 0 aromatic rings. The van der Waals surface area contributed by atoms with Gasteiger partial charge in [0.25, 0.3) is 0 Å². The average Bonchev–Trinajstić information content (AvgIpc) is 2.31. The molecule has 0 aliphatic carbocycles. The summed E-state index contributed by atoms with van der Waals surface area (Å²) < 4.78 is 1.25. The van der Waals surface area contributed by atoms with Gasteiger partial charge in [-0.3, -0.25) is 0 Å². The van der Waals surface area contributed by atoms with Crippen molar-refractivity contribution in [1.29, 1.82) is 0 Å². The number of hydrogen-bond donors (Lipinski definition) is 0. The summed E-state index contributed by atoms with van der Waals surface area (Å²) in [6.07, 6.45) is 15.9. The van der Waals surface area contributed by atoms with Crippen molar-refractivity contribution in [2.75, 3.05) is 26.8 Å². The molecule has 104 valence electrons. The summed E-state index contributed by atoms with van der Waals surface area (Å²) in [5.41, 5.74) is 0. The normalized spacial score (nSPS) is 12.2. The van der Waals surface area contributed by atoms with Gasteiger partial charge < -0.3 is 4.48 Å². The standard InChI is InChI=1S/C15H36NSi/c1-4-5-6-7-8-9-10-11-12-13-14-16(2,3)15-17/h4-15H2,1-3,17H3/q+1. The van der Waals surface area contributed by atoms with Crippen LogP contribution in [-0.2, 0) is 0 Å². The van der Waals surface area contributed by atoms with Crippen LogP contribution in [0.2, 0.25) is 0 Å². The van der Waals surface area contributed by atoms with Crippen LogP contribution in [0.4, 0.5) is 0 Å². The summed E-state index contributed by atoms with van der Waals surface area (Å²) in [5, 5.41) is 0. The number of rotatable bonds is 12. The molecule has 0 amide bonds. The third kappa shape index (κ3) is 12.4. The summed E-state index contributed by atoms with van der Waals surface area (Å²) in [4.78, 5) is 0. The molecule has 0 saturated carbocycles. The monoisotopic (exact) mass is 258 g/mol. The van der Waals surface area contributed by atoms with Crippen molar-refractivity contribution in [3.05, 3.63) is 0 Å². The molecule has 0 saturated heterocycles. The highest BCUT2D eigenvalue weighted by Gasteiger charge is 2.09. The van der Waals surface area contributed by atoms with Crippen LogP contribution in [0.5, 0.6) is 0 Å². The lowest BCUT2D eigenvalue weighted by Crippen LogP contribution is -2.41. The fourth-order valence-corrected chi connectivity index (χ4v) is 2.50. The maximum absolute atomic E-state index is 2.38. The van der Waals surface area contributed by atoms with E-state index in [4.69, 9.17) is 0 Å². The number of hydrogen-bond acceptors (Lipinski definition) is 0. The maximum atomic E-state index is 2.38. The van der Waals surface area contributed by atoms with Gasteiger partial charge in [0, 0.05) is 0 Å². The van der Waals surface area contributed by atoms with E-state index < -0.39 is 0 Å². The first-order valence-electron chi connectivity index (χ1n) is 7.94. The van der Waals surface area contributed by atoms with Crippen molar-refractivity contribution >= 4 is 10.2 Å². The molecule has 0 heterocycles. The highest BCUT2D eigenvalue weighted by molar-refractivity contribution is 6.08. The maximum Gasteiger partial charge on any atom is 0.0779 e. The van der Waals surface area contributed by atoms with Crippen molar-refractivity contribution in [2.24, 2.45) is 0 Å². The topological polar surface area (TPSA) is 0 Å². The molecular formula is C15H36NSi+. The van der Waals surface area contributed by atoms with E-state index in [0.29, 0.717) is 0 Å². The summed E-state index contributed by atoms with van der Waals surface area (Å²) in [6.45, 7) is 3.68. The van der Waals surface area contributed by atoms with E-state index >= 15 is 0 Å². The Morgan fingerprint density at radius 2 is 1.12 bits per heavy atom. The lowest BCUT2D eigenvalue weighted by atomic mass is 10.1. The van der Waals surface area contributed by atoms with Crippen LogP contribution < -0.4 is 0 Å². The van der Waals surface area contributed by atoms with Crippen LogP contribution in [0.25, 0.3) is 0 Å². The summed E-state index contributed by atoms with van der Waals surface area (Å²) in [6, 6.07) is 0. The van der Waals surface area contributed by atoms with Crippen LogP contribution in [-0.4, -0.2) is 41.5 Å². The molecule has 0 fully saturated rings. The van der Waals surface area contributed by atoms with Crippen LogP contribution in [0.1, 0.15) is 71.1 Å². The molecule has 0 radical (unpaired) electrons. The molecule has 0 spiro atoms. The molecule has 0 aromatic heterocycles. The van der Waals surface area contributed by atoms with Gasteiger partial charge in [0.2, 0.25) is 0 Å². The molecule has 0 aliphatic heterocycles. The molecular weight excluding hydrogens is 222 g/mol. The van der Waals surface area contributed by atoms with Gasteiger partial charge in [0.05, 0.1) is 37.1 Å². The SMILES string of the molecule is CCCCCCCCCCCC[N+](C)(C)C[SiH3]. The Morgan fingerprint density at radius 3 is 1.53 bits per heavy atom. The first kappa shape index (κ1) is 17.2. The Kier molecular flexibility index (Phi) is 11.4. The Morgan fingerprint density at radius 1 is 0.706 bits per heavy atom. The Balaban J connectivity index is 3.09. The molecule has 0 bridgehead atoms. The number of nitrogens with zero attached hydrogens (tertiary/aromatic N) is 1. The summed E-state index contributed by atoms with van der Waals surface area (Å²) in [7, 11) is 6.09. The van der Waals surface area contributed by atoms with Gasteiger partial charge in [-0.05, 0) is 12.8 Å². The van der Waals surface area contributed by atoms with E-state index in [1.807, 2.05) is 0 Å². The van der Waals surface area contributed by atoms with Gasteiger partial charge in [0.1, 0.15) is 0 Å². The molecule has 0 unspecified atom stereocenters. The molecule has 0 N–H and O–H groups in total. The quantitative estimate of drug-likeness (QED) is 0.286. The second-order valence-electron chi connectivity index (χ2n) is 6.16. The fraction of sp³-hybridized carbons (Fsp3) is 1.00. The third-order valence-electron chi connectivity index (χ3n) is 3.97. The molecule has 0 aromatic carbocycles. The van der Waals surface area contributed by atoms with Crippen molar-refractivity contribution in [3.63, 3.8) is 0 Å². The van der Waals surface area contributed by atoms with Crippen molar-refractivity contribution in [1.82, 2.24) is 0 Å². The second kappa shape index (κ2) is 11.3. The van der Waals surface area contributed by atoms with E-state index in [9.17, 15) is 0 Å². The van der Waals surface area contributed by atoms with Gasteiger partial charge in [-0.1, -0.05) is 58.3 Å². The van der Waals surface area contributed by atoms with E-state index in [1.54, 1.807) is 0 Å². The molecule has 17 heavy (non-hydrogen) atoms. The smallest absolute Gasteiger partial charge is 0.0779 e. The van der Waals surface area contributed by atoms with E-state index in [2.05, 4.69) is 21.0 Å². The molecule has 0 atom stereocenters. The van der Waals surface area contributed by atoms with Gasteiger partial charge >= 0.3 is 0 Å². The van der Waals surface area contributed by atoms with Crippen LogP contribution in [0.15, 0.2) is 0 Å². The summed E-state index contributed by atoms with van der Waals surface area (Å²) >= 11 is 0. The Bertz CT molecular complexity index is 157. The van der Waals surface area contributed by atoms with Gasteiger partial charge in [-0.25, -0.2) is 0 Å². The minimum atomic E-state index is 1.25. The van der Waals surface area contributed by atoms with E-state index in [0.717, 1.165) is 0 Å². The Hall–Kier alpha value is 0.177. The Labute approximate surface area is 113 Å². The lowest BCUT2D eigenvalue weighted by molar-refractivity contribution is -0.879. The van der Waals surface area contributed by atoms with E-state index in [-0.39, 0.29) is 0 Å². The average molecular weight is 259 g/mol. The second-order valence-corrected chi connectivity index (χ2v) is 6.79. The zero-order valence-electron chi connectivity index (χ0n) is 12.9. The minimum Gasteiger partial charge on any atom is -0.333 e. The predicted molar refractivity (Wildman–Crippen MR) is 83.6 cm³/mol. The zero-order valence-corrected chi connectivity index (χ0v) is 14.9.